The third kappa shape index (κ3) is 2.48. The maximum absolute atomic E-state index is 12.2. The van der Waals surface area contributed by atoms with Gasteiger partial charge in [0.25, 0.3) is 0 Å². The summed E-state index contributed by atoms with van der Waals surface area (Å²) >= 11 is 0. The van der Waals surface area contributed by atoms with E-state index in [-0.39, 0.29) is 11.6 Å². The van der Waals surface area contributed by atoms with Crippen LogP contribution in [0.15, 0.2) is 24.3 Å². The number of anilines is 1. The molecule has 0 aromatic heterocycles. The molecular formula is C15H18N2O3. The first-order chi connectivity index (χ1) is 9.63. The summed E-state index contributed by atoms with van der Waals surface area (Å²) < 4.78 is 0. The Morgan fingerprint density at radius 1 is 1.20 bits per heavy atom. The molecule has 1 aromatic carbocycles. The summed E-state index contributed by atoms with van der Waals surface area (Å²) in [5.41, 5.74) is 0.716. The summed E-state index contributed by atoms with van der Waals surface area (Å²) in [6.45, 7) is 1.66. The van der Waals surface area contributed by atoms with Crippen molar-refractivity contribution in [3.8, 4) is 0 Å². The van der Waals surface area contributed by atoms with Gasteiger partial charge >= 0.3 is 12.0 Å². The number of nitrogens with one attached hydrogen (secondary N) is 1. The molecule has 1 saturated carbocycles. The Morgan fingerprint density at radius 2 is 1.90 bits per heavy atom. The van der Waals surface area contributed by atoms with Gasteiger partial charge in [-0.05, 0) is 42.9 Å². The van der Waals surface area contributed by atoms with Gasteiger partial charge in [-0.25, -0.2) is 9.59 Å². The second-order valence-corrected chi connectivity index (χ2v) is 5.67. The second kappa shape index (κ2) is 5.15. The summed E-state index contributed by atoms with van der Waals surface area (Å²) in [6, 6.07) is 6.22. The summed E-state index contributed by atoms with van der Waals surface area (Å²) in [5, 5.41) is 11.7. The topological polar surface area (TPSA) is 69.6 Å². The fourth-order valence-electron chi connectivity index (χ4n) is 3.33. The molecule has 2 amide bonds. The fourth-order valence-corrected chi connectivity index (χ4v) is 3.33. The van der Waals surface area contributed by atoms with E-state index in [9.17, 15) is 9.59 Å². The molecule has 0 radical (unpaired) electrons. The fraction of sp³-hybridized carbons (Fsp3) is 0.467. The van der Waals surface area contributed by atoms with Crippen molar-refractivity contribution in [2.75, 3.05) is 18.4 Å². The van der Waals surface area contributed by atoms with Crippen molar-refractivity contribution < 1.29 is 14.7 Å². The Morgan fingerprint density at radius 3 is 2.55 bits per heavy atom. The van der Waals surface area contributed by atoms with Gasteiger partial charge in [0.2, 0.25) is 0 Å². The van der Waals surface area contributed by atoms with Crippen molar-refractivity contribution in [3.05, 3.63) is 29.8 Å². The van der Waals surface area contributed by atoms with Gasteiger partial charge in [0.05, 0.1) is 5.56 Å². The van der Waals surface area contributed by atoms with Crippen LogP contribution in [0, 0.1) is 11.8 Å². The first-order valence-corrected chi connectivity index (χ1v) is 7.03. The molecule has 2 aliphatic rings. The second-order valence-electron chi connectivity index (χ2n) is 5.67. The molecule has 2 unspecified atom stereocenters. The van der Waals surface area contributed by atoms with E-state index >= 15 is 0 Å². The van der Waals surface area contributed by atoms with Crippen LogP contribution in [0.25, 0.3) is 0 Å². The smallest absolute Gasteiger partial charge is 0.335 e. The number of amides is 2. The Bertz CT molecular complexity index is 532. The highest BCUT2D eigenvalue weighted by molar-refractivity contribution is 5.93. The van der Waals surface area contributed by atoms with Crippen LogP contribution in [-0.2, 0) is 0 Å². The lowest BCUT2D eigenvalue weighted by Crippen LogP contribution is -2.33. The van der Waals surface area contributed by atoms with Gasteiger partial charge in [0, 0.05) is 18.8 Å². The number of carboxylic acids is 1. The number of urea groups is 1. The first-order valence-electron chi connectivity index (χ1n) is 7.03. The van der Waals surface area contributed by atoms with Crippen molar-refractivity contribution in [1.82, 2.24) is 4.90 Å². The minimum absolute atomic E-state index is 0.123. The number of likely N-dealkylation sites (tertiary alicyclic amines) is 1. The quantitative estimate of drug-likeness (QED) is 0.871. The summed E-state index contributed by atoms with van der Waals surface area (Å²) in [5.74, 6) is 0.328. The van der Waals surface area contributed by atoms with Crippen LogP contribution in [0.4, 0.5) is 10.5 Å². The Kier molecular flexibility index (Phi) is 3.34. The average molecular weight is 274 g/mol. The zero-order valence-electron chi connectivity index (χ0n) is 11.2. The largest absolute Gasteiger partial charge is 0.478 e. The number of hydrogen-bond acceptors (Lipinski definition) is 2. The number of rotatable bonds is 2. The number of aromatic carboxylic acids is 1. The molecular weight excluding hydrogens is 256 g/mol. The standard InChI is InChI=1S/C15H18N2O3/c18-14(19)10-3-2-6-13(7-10)16-15(20)17-8-11-4-1-5-12(11)9-17/h2-3,6-7,11-12H,1,4-5,8-9H2,(H,16,20)(H,18,19). The number of carbonyl (C=O) groups excluding carboxylic acids is 1. The van der Waals surface area contributed by atoms with Crippen LogP contribution < -0.4 is 5.32 Å². The van der Waals surface area contributed by atoms with Gasteiger partial charge in [-0.1, -0.05) is 12.5 Å². The van der Waals surface area contributed by atoms with Gasteiger partial charge in [-0.2, -0.15) is 0 Å². The lowest BCUT2D eigenvalue weighted by molar-refractivity contribution is 0.0697. The van der Waals surface area contributed by atoms with Gasteiger partial charge in [-0.3, -0.25) is 0 Å². The maximum Gasteiger partial charge on any atom is 0.335 e. The molecule has 1 aromatic rings. The van der Waals surface area contributed by atoms with Crippen molar-refractivity contribution >= 4 is 17.7 Å². The van der Waals surface area contributed by atoms with E-state index < -0.39 is 5.97 Å². The normalized spacial score (nSPS) is 24.5. The molecule has 20 heavy (non-hydrogen) atoms. The molecule has 5 nitrogen and oxygen atoms in total. The molecule has 106 valence electrons. The van der Waals surface area contributed by atoms with Gasteiger partial charge in [-0.15, -0.1) is 0 Å². The van der Waals surface area contributed by atoms with E-state index in [1.165, 1.54) is 31.4 Å². The molecule has 1 aliphatic carbocycles. The van der Waals surface area contributed by atoms with Crippen LogP contribution in [0.5, 0.6) is 0 Å². The maximum atomic E-state index is 12.2. The van der Waals surface area contributed by atoms with Crippen LogP contribution >= 0.6 is 0 Å². The molecule has 2 fully saturated rings. The molecule has 0 spiro atoms. The zero-order chi connectivity index (χ0) is 14.1. The van der Waals surface area contributed by atoms with E-state index in [1.807, 2.05) is 4.90 Å². The predicted octanol–water partition coefficient (Wildman–Crippen LogP) is 2.65. The zero-order valence-corrected chi connectivity index (χ0v) is 11.2. The third-order valence-corrected chi connectivity index (χ3v) is 4.37. The number of benzene rings is 1. The molecule has 0 bridgehead atoms. The first kappa shape index (κ1) is 13.0. The van der Waals surface area contributed by atoms with Gasteiger partial charge in [0.15, 0.2) is 0 Å². The highest BCUT2D eigenvalue weighted by Gasteiger charge is 2.37. The minimum atomic E-state index is -0.989. The Hall–Kier alpha value is -2.04. The van der Waals surface area contributed by atoms with E-state index in [4.69, 9.17) is 5.11 Å². The van der Waals surface area contributed by atoms with Gasteiger partial charge in [0.1, 0.15) is 0 Å². The van der Waals surface area contributed by atoms with Crippen molar-refractivity contribution in [2.24, 2.45) is 11.8 Å². The number of nitrogens with zero attached hydrogens (tertiary/aromatic N) is 1. The van der Waals surface area contributed by atoms with Crippen LogP contribution in [0.3, 0.4) is 0 Å². The number of carbonyl (C=O) groups is 2. The molecule has 1 aliphatic heterocycles. The molecule has 1 heterocycles. The summed E-state index contributed by atoms with van der Waals surface area (Å²) in [6.07, 6.45) is 3.73. The van der Waals surface area contributed by atoms with E-state index in [0.29, 0.717) is 17.5 Å². The molecule has 5 heteroatoms. The van der Waals surface area contributed by atoms with Crippen molar-refractivity contribution in [3.63, 3.8) is 0 Å². The minimum Gasteiger partial charge on any atom is -0.478 e. The molecule has 1 saturated heterocycles. The van der Waals surface area contributed by atoms with E-state index in [2.05, 4.69) is 5.32 Å². The lowest BCUT2D eigenvalue weighted by Gasteiger charge is -2.18. The van der Waals surface area contributed by atoms with Crippen LogP contribution in [0.1, 0.15) is 29.6 Å². The lowest BCUT2D eigenvalue weighted by atomic mass is 10.0. The van der Waals surface area contributed by atoms with Crippen molar-refractivity contribution in [1.29, 1.82) is 0 Å². The number of hydrogen-bond donors (Lipinski definition) is 2. The van der Waals surface area contributed by atoms with Crippen molar-refractivity contribution in [2.45, 2.75) is 19.3 Å². The molecule has 2 N–H and O–H groups in total. The van der Waals surface area contributed by atoms with Gasteiger partial charge < -0.3 is 15.3 Å². The Labute approximate surface area is 117 Å². The predicted molar refractivity (Wildman–Crippen MR) is 74.8 cm³/mol. The molecule has 2 atom stereocenters. The number of fused-ring (bicyclic) bond motifs is 1. The van der Waals surface area contributed by atoms with Crippen LogP contribution in [0.2, 0.25) is 0 Å². The highest BCUT2D eigenvalue weighted by atomic mass is 16.4. The summed E-state index contributed by atoms with van der Waals surface area (Å²) in [4.78, 5) is 24.9. The van der Waals surface area contributed by atoms with E-state index in [0.717, 1.165) is 13.1 Å². The highest BCUT2D eigenvalue weighted by Crippen LogP contribution is 2.37. The Balaban J connectivity index is 1.64. The van der Waals surface area contributed by atoms with E-state index in [1.54, 1.807) is 12.1 Å². The molecule has 3 rings (SSSR count). The average Bonchev–Trinajstić information content (AvgIpc) is 2.99. The monoisotopic (exact) mass is 274 g/mol. The third-order valence-electron chi connectivity index (χ3n) is 4.37. The summed E-state index contributed by atoms with van der Waals surface area (Å²) in [7, 11) is 0. The SMILES string of the molecule is O=C(O)c1cccc(NC(=O)N2CC3CCCC3C2)c1. The number of carboxylic acid groups (broad SMARTS) is 1. The van der Waals surface area contributed by atoms with Crippen LogP contribution in [-0.4, -0.2) is 35.1 Å².